The molecule has 0 aliphatic heterocycles. The zero-order chi connectivity index (χ0) is 12.3. The van der Waals surface area contributed by atoms with Gasteiger partial charge in [-0.2, -0.15) is 0 Å². The second-order valence-electron chi connectivity index (χ2n) is 3.43. The summed E-state index contributed by atoms with van der Waals surface area (Å²) in [5.41, 5.74) is 0.663. The summed E-state index contributed by atoms with van der Waals surface area (Å²) >= 11 is 3.20. The quantitative estimate of drug-likeness (QED) is 0.932. The molecular weight excluding hydrogens is 284 g/mol. The standard InChI is InChI=1S/C11H11BrN4O/c1-13-10-6-14-8(5-15-10)7-16-4-2-3-9(12)11(16)17/h2-6H,7H2,1H3,(H,13,15). The van der Waals surface area contributed by atoms with Crippen molar-refractivity contribution in [1.29, 1.82) is 0 Å². The van der Waals surface area contributed by atoms with Crippen molar-refractivity contribution in [2.24, 2.45) is 0 Å². The summed E-state index contributed by atoms with van der Waals surface area (Å²) in [5, 5.41) is 2.89. The Kier molecular flexibility index (Phi) is 3.53. The Labute approximate surface area is 107 Å². The van der Waals surface area contributed by atoms with Crippen molar-refractivity contribution in [3.05, 3.63) is 51.2 Å². The number of hydrogen-bond acceptors (Lipinski definition) is 4. The highest BCUT2D eigenvalue weighted by molar-refractivity contribution is 9.10. The van der Waals surface area contributed by atoms with Gasteiger partial charge in [0.2, 0.25) is 0 Å². The minimum Gasteiger partial charge on any atom is -0.372 e. The Bertz CT molecular complexity index is 564. The summed E-state index contributed by atoms with van der Waals surface area (Å²) in [6, 6.07) is 3.52. The highest BCUT2D eigenvalue weighted by atomic mass is 79.9. The van der Waals surface area contributed by atoms with Crippen LogP contribution in [-0.2, 0) is 6.54 Å². The maximum atomic E-state index is 11.8. The van der Waals surface area contributed by atoms with Gasteiger partial charge in [-0.1, -0.05) is 0 Å². The molecule has 0 spiro atoms. The molecule has 0 saturated heterocycles. The van der Waals surface area contributed by atoms with Crippen molar-refractivity contribution in [2.45, 2.75) is 6.54 Å². The van der Waals surface area contributed by atoms with Gasteiger partial charge in [-0.3, -0.25) is 9.78 Å². The molecule has 0 unspecified atom stereocenters. The lowest BCUT2D eigenvalue weighted by atomic mass is 10.4. The van der Waals surface area contributed by atoms with E-state index in [-0.39, 0.29) is 5.56 Å². The van der Waals surface area contributed by atoms with Crippen molar-refractivity contribution in [3.63, 3.8) is 0 Å². The fraction of sp³-hybridized carbons (Fsp3) is 0.182. The van der Waals surface area contributed by atoms with Gasteiger partial charge in [-0.25, -0.2) is 4.98 Å². The van der Waals surface area contributed by atoms with Crippen LogP contribution in [0.1, 0.15) is 5.69 Å². The van der Waals surface area contributed by atoms with Crippen molar-refractivity contribution in [3.8, 4) is 0 Å². The second kappa shape index (κ2) is 5.09. The van der Waals surface area contributed by atoms with Crippen LogP contribution >= 0.6 is 15.9 Å². The molecule has 2 aromatic heterocycles. The van der Waals surface area contributed by atoms with Crippen LogP contribution in [0.4, 0.5) is 5.82 Å². The normalized spacial score (nSPS) is 10.2. The SMILES string of the molecule is CNc1cnc(Cn2cccc(Br)c2=O)cn1. The number of hydrogen-bond donors (Lipinski definition) is 1. The van der Waals surface area contributed by atoms with Crippen LogP contribution in [0, 0.1) is 0 Å². The van der Waals surface area contributed by atoms with Crippen molar-refractivity contribution in [1.82, 2.24) is 14.5 Å². The van der Waals surface area contributed by atoms with Crippen molar-refractivity contribution in [2.75, 3.05) is 12.4 Å². The minimum absolute atomic E-state index is 0.0769. The third-order valence-electron chi connectivity index (χ3n) is 2.27. The molecule has 0 amide bonds. The summed E-state index contributed by atoms with van der Waals surface area (Å²) in [6.07, 6.45) is 5.01. The first-order valence-electron chi connectivity index (χ1n) is 5.04. The molecule has 88 valence electrons. The van der Waals surface area contributed by atoms with E-state index in [0.29, 0.717) is 16.8 Å². The first-order chi connectivity index (χ1) is 8.20. The molecule has 0 saturated carbocycles. The average Bonchev–Trinajstić information content (AvgIpc) is 2.36. The second-order valence-corrected chi connectivity index (χ2v) is 4.29. The van der Waals surface area contributed by atoms with E-state index in [1.54, 1.807) is 42.3 Å². The molecule has 2 heterocycles. The fourth-order valence-corrected chi connectivity index (χ4v) is 1.75. The molecule has 2 aromatic rings. The summed E-state index contributed by atoms with van der Waals surface area (Å²) in [6.45, 7) is 0.412. The molecule has 0 atom stereocenters. The first-order valence-corrected chi connectivity index (χ1v) is 5.83. The van der Waals surface area contributed by atoms with Gasteiger partial charge in [-0.15, -0.1) is 0 Å². The highest BCUT2D eigenvalue weighted by Gasteiger charge is 2.02. The lowest BCUT2D eigenvalue weighted by Crippen LogP contribution is -2.20. The maximum absolute atomic E-state index is 11.8. The molecule has 17 heavy (non-hydrogen) atoms. The molecule has 5 nitrogen and oxygen atoms in total. The van der Waals surface area contributed by atoms with Crippen LogP contribution in [0.2, 0.25) is 0 Å². The summed E-state index contributed by atoms with van der Waals surface area (Å²) < 4.78 is 2.12. The first kappa shape index (κ1) is 11.8. The number of rotatable bonds is 3. The van der Waals surface area contributed by atoms with Crippen LogP contribution in [0.15, 0.2) is 40.0 Å². The fourth-order valence-electron chi connectivity index (χ4n) is 1.37. The van der Waals surface area contributed by atoms with Crippen LogP contribution in [0.3, 0.4) is 0 Å². The molecular formula is C11H11BrN4O. The van der Waals surface area contributed by atoms with E-state index in [9.17, 15) is 4.79 Å². The van der Waals surface area contributed by atoms with Crippen molar-refractivity contribution < 1.29 is 0 Å². The molecule has 0 radical (unpaired) electrons. The zero-order valence-corrected chi connectivity index (χ0v) is 10.8. The molecule has 0 aliphatic rings. The van der Waals surface area contributed by atoms with Crippen LogP contribution < -0.4 is 10.9 Å². The third-order valence-corrected chi connectivity index (χ3v) is 2.87. The molecule has 1 N–H and O–H groups in total. The van der Waals surface area contributed by atoms with Gasteiger partial charge >= 0.3 is 0 Å². The summed E-state index contributed by atoms with van der Waals surface area (Å²) in [5.74, 6) is 0.704. The molecule has 0 aliphatic carbocycles. The minimum atomic E-state index is -0.0769. The third kappa shape index (κ3) is 2.71. The van der Waals surface area contributed by atoms with Crippen LogP contribution in [0.25, 0.3) is 0 Å². The Morgan fingerprint density at radius 1 is 1.41 bits per heavy atom. The molecule has 0 bridgehead atoms. The van der Waals surface area contributed by atoms with E-state index >= 15 is 0 Å². The smallest absolute Gasteiger partial charge is 0.265 e. The Morgan fingerprint density at radius 3 is 2.88 bits per heavy atom. The molecule has 0 fully saturated rings. The van der Waals surface area contributed by atoms with E-state index in [2.05, 4.69) is 31.2 Å². The Hall–Kier alpha value is -1.69. The topological polar surface area (TPSA) is 59.8 Å². The van der Waals surface area contributed by atoms with Crippen LogP contribution in [-0.4, -0.2) is 21.6 Å². The van der Waals surface area contributed by atoms with Gasteiger partial charge in [0.05, 0.1) is 29.1 Å². The van der Waals surface area contributed by atoms with E-state index in [0.717, 1.165) is 5.69 Å². The van der Waals surface area contributed by atoms with Crippen molar-refractivity contribution >= 4 is 21.7 Å². The largest absolute Gasteiger partial charge is 0.372 e. The number of anilines is 1. The van der Waals surface area contributed by atoms with E-state index in [1.165, 1.54) is 0 Å². The molecule has 2 rings (SSSR count). The number of nitrogens with one attached hydrogen (secondary N) is 1. The van der Waals surface area contributed by atoms with Gasteiger partial charge in [0.1, 0.15) is 5.82 Å². The van der Waals surface area contributed by atoms with Gasteiger partial charge in [0.25, 0.3) is 5.56 Å². The average molecular weight is 295 g/mol. The summed E-state index contributed by atoms with van der Waals surface area (Å²) in [4.78, 5) is 20.1. The monoisotopic (exact) mass is 294 g/mol. The van der Waals surface area contributed by atoms with Gasteiger partial charge < -0.3 is 9.88 Å². The van der Waals surface area contributed by atoms with Crippen LogP contribution in [0.5, 0.6) is 0 Å². The number of halogens is 1. The highest BCUT2D eigenvalue weighted by Crippen LogP contribution is 2.04. The van der Waals surface area contributed by atoms with Gasteiger partial charge in [-0.05, 0) is 28.1 Å². The maximum Gasteiger partial charge on any atom is 0.265 e. The lowest BCUT2D eigenvalue weighted by Gasteiger charge is -2.05. The zero-order valence-electron chi connectivity index (χ0n) is 9.22. The van der Waals surface area contributed by atoms with E-state index in [1.807, 2.05) is 0 Å². The number of pyridine rings is 1. The summed E-state index contributed by atoms with van der Waals surface area (Å²) in [7, 11) is 1.78. The molecule has 6 heteroatoms. The van der Waals surface area contributed by atoms with Gasteiger partial charge in [0, 0.05) is 13.2 Å². The van der Waals surface area contributed by atoms with E-state index in [4.69, 9.17) is 0 Å². The predicted octanol–water partition coefficient (Wildman–Crippen LogP) is 1.49. The Morgan fingerprint density at radius 2 is 2.24 bits per heavy atom. The molecule has 0 aromatic carbocycles. The predicted molar refractivity (Wildman–Crippen MR) is 69.1 cm³/mol. The number of aromatic nitrogens is 3. The van der Waals surface area contributed by atoms with E-state index < -0.39 is 0 Å². The lowest BCUT2D eigenvalue weighted by molar-refractivity contribution is 0.731. The number of nitrogens with zero attached hydrogens (tertiary/aromatic N) is 3. The van der Waals surface area contributed by atoms with Gasteiger partial charge in [0.15, 0.2) is 0 Å². The Balaban J connectivity index is 2.25.